The predicted molar refractivity (Wildman–Crippen MR) is 126 cm³/mol. The van der Waals surface area contributed by atoms with Gasteiger partial charge in [-0.25, -0.2) is 0 Å². The first kappa shape index (κ1) is 22.0. The van der Waals surface area contributed by atoms with Crippen molar-refractivity contribution in [3.8, 4) is 0 Å². The van der Waals surface area contributed by atoms with E-state index in [1.165, 1.54) is 11.3 Å². The fraction of sp³-hybridized carbons (Fsp3) is 0.292. The summed E-state index contributed by atoms with van der Waals surface area (Å²) >= 11 is 1.45. The Bertz CT molecular complexity index is 1170. The Morgan fingerprint density at radius 2 is 1.94 bits per heavy atom. The maximum atomic E-state index is 12.4. The van der Waals surface area contributed by atoms with Crippen molar-refractivity contribution >= 4 is 50.5 Å². The first-order chi connectivity index (χ1) is 15.2. The third-order valence-corrected chi connectivity index (χ3v) is 6.96. The van der Waals surface area contributed by atoms with Crippen molar-refractivity contribution in [2.24, 2.45) is 0 Å². The van der Waals surface area contributed by atoms with Gasteiger partial charge < -0.3 is 20.6 Å². The lowest BCUT2D eigenvalue weighted by molar-refractivity contribution is -0.136. The topological polar surface area (TPSA) is 98.7 Å². The van der Waals surface area contributed by atoms with Crippen LogP contribution < -0.4 is 15.5 Å². The van der Waals surface area contributed by atoms with Crippen LogP contribution in [-0.4, -0.2) is 35.9 Å². The Balaban J connectivity index is 1.40. The van der Waals surface area contributed by atoms with Crippen molar-refractivity contribution in [2.75, 3.05) is 23.3 Å². The summed E-state index contributed by atoms with van der Waals surface area (Å²) in [5, 5.41) is 17.0. The maximum Gasteiger partial charge on any atom is 0.313 e. The summed E-state index contributed by atoms with van der Waals surface area (Å²) in [7, 11) is 0. The lowest BCUT2D eigenvalue weighted by atomic mass is 10.0. The molecular weight excluding hydrogens is 426 g/mol. The van der Waals surface area contributed by atoms with Gasteiger partial charge in [-0.05, 0) is 55.5 Å². The number of rotatable bonds is 5. The van der Waals surface area contributed by atoms with Gasteiger partial charge in [-0.3, -0.25) is 14.4 Å². The van der Waals surface area contributed by atoms with Crippen LogP contribution >= 0.6 is 11.3 Å². The monoisotopic (exact) mass is 451 g/mol. The Labute approximate surface area is 190 Å². The number of nitrogens with zero attached hydrogens (tertiary/aromatic N) is 1. The Hall–Kier alpha value is -3.23. The van der Waals surface area contributed by atoms with Crippen LogP contribution in [0.2, 0.25) is 0 Å². The van der Waals surface area contributed by atoms with Crippen LogP contribution in [0.4, 0.5) is 11.4 Å². The summed E-state index contributed by atoms with van der Waals surface area (Å²) in [4.78, 5) is 39.2. The number of hydrogen-bond donors (Lipinski definition) is 3. The molecule has 1 aliphatic heterocycles. The second-order valence-electron chi connectivity index (χ2n) is 8.21. The summed E-state index contributed by atoms with van der Waals surface area (Å²) in [5.74, 6) is -1.62. The molecular formula is C24H25N3O4S. The summed E-state index contributed by atoms with van der Waals surface area (Å²) in [6.45, 7) is 4.04. The zero-order valence-electron chi connectivity index (χ0n) is 18.0. The minimum Gasteiger partial charge on any atom is -0.383 e. The average Bonchev–Trinajstić information content (AvgIpc) is 3.40. The SMILES string of the molecule is Cc1ccc(NC(=O)C(=O)NCC(C)(O)c2cc3ccccc3s2)cc1N1CCCC1=O. The number of carbonyl (C=O) groups is 3. The number of fused-ring (bicyclic) bond motifs is 1. The van der Waals surface area contributed by atoms with Gasteiger partial charge in [-0.1, -0.05) is 24.3 Å². The van der Waals surface area contributed by atoms with Crippen LogP contribution in [0.25, 0.3) is 10.1 Å². The molecule has 4 rings (SSSR count). The average molecular weight is 452 g/mol. The number of anilines is 2. The van der Waals surface area contributed by atoms with Crippen LogP contribution in [0, 0.1) is 6.92 Å². The fourth-order valence-electron chi connectivity index (χ4n) is 3.74. The molecule has 2 heterocycles. The largest absolute Gasteiger partial charge is 0.383 e. The zero-order valence-corrected chi connectivity index (χ0v) is 18.8. The van der Waals surface area contributed by atoms with Gasteiger partial charge >= 0.3 is 11.8 Å². The number of aryl methyl sites for hydroxylation is 1. The number of hydrogen-bond acceptors (Lipinski definition) is 5. The van der Waals surface area contributed by atoms with E-state index in [4.69, 9.17) is 0 Å². The van der Waals surface area contributed by atoms with Crippen molar-refractivity contribution in [3.05, 3.63) is 59.0 Å². The Morgan fingerprint density at radius 1 is 1.16 bits per heavy atom. The van der Waals surface area contributed by atoms with Gasteiger partial charge in [0.15, 0.2) is 0 Å². The molecule has 7 nitrogen and oxygen atoms in total. The minimum absolute atomic E-state index is 0.0535. The second-order valence-corrected chi connectivity index (χ2v) is 9.29. The first-order valence-corrected chi connectivity index (χ1v) is 11.3. The van der Waals surface area contributed by atoms with Gasteiger partial charge in [0.25, 0.3) is 0 Å². The highest BCUT2D eigenvalue weighted by Gasteiger charge is 2.28. The van der Waals surface area contributed by atoms with E-state index in [-0.39, 0.29) is 12.5 Å². The molecule has 2 aromatic carbocycles. The molecule has 1 unspecified atom stereocenters. The molecule has 0 spiro atoms. The Morgan fingerprint density at radius 3 is 2.66 bits per heavy atom. The molecule has 1 saturated heterocycles. The lowest BCUT2D eigenvalue weighted by Gasteiger charge is -2.22. The van der Waals surface area contributed by atoms with Gasteiger partial charge in [-0.15, -0.1) is 11.3 Å². The second kappa shape index (κ2) is 8.72. The molecule has 1 aliphatic rings. The molecule has 0 bridgehead atoms. The normalized spacial score (nSPS) is 15.6. The highest BCUT2D eigenvalue weighted by atomic mass is 32.1. The van der Waals surface area contributed by atoms with Gasteiger partial charge in [0, 0.05) is 33.9 Å². The molecule has 1 atom stereocenters. The van der Waals surface area contributed by atoms with Crippen LogP contribution in [-0.2, 0) is 20.0 Å². The zero-order chi connectivity index (χ0) is 22.9. The number of benzene rings is 2. The van der Waals surface area contributed by atoms with E-state index in [0.29, 0.717) is 23.5 Å². The smallest absolute Gasteiger partial charge is 0.313 e. The maximum absolute atomic E-state index is 12.4. The third kappa shape index (κ3) is 4.51. The van der Waals surface area contributed by atoms with Gasteiger partial charge in [0.1, 0.15) is 5.60 Å². The molecule has 1 fully saturated rings. The van der Waals surface area contributed by atoms with E-state index < -0.39 is 17.4 Å². The van der Waals surface area contributed by atoms with E-state index >= 15 is 0 Å². The van der Waals surface area contributed by atoms with Crippen LogP contribution in [0.1, 0.15) is 30.2 Å². The van der Waals surface area contributed by atoms with E-state index in [9.17, 15) is 19.5 Å². The fourth-order valence-corrected chi connectivity index (χ4v) is 4.84. The van der Waals surface area contributed by atoms with Gasteiger partial charge in [0.2, 0.25) is 5.91 Å². The number of amides is 3. The number of aliphatic hydroxyl groups is 1. The summed E-state index contributed by atoms with van der Waals surface area (Å²) in [6.07, 6.45) is 1.31. The van der Waals surface area contributed by atoms with E-state index in [2.05, 4.69) is 10.6 Å². The van der Waals surface area contributed by atoms with Crippen LogP contribution in [0.15, 0.2) is 48.5 Å². The van der Waals surface area contributed by atoms with E-state index in [1.807, 2.05) is 37.3 Å². The summed E-state index contributed by atoms with van der Waals surface area (Å²) in [6, 6.07) is 14.9. The minimum atomic E-state index is -1.31. The first-order valence-electron chi connectivity index (χ1n) is 10.5. The number of thiophene rings is 1. The van der Waals surface area contributed by atoms with Crippen molar-refractivity contribution in [1.29, 1.82) is 0 Å². The van der Waals surface area contributed by atoms with Crippen LogP contribution in [0.3, 0.4) is 0 Å². The van der Waals surface area contributed by atoms with Gasteiger partial charge in [0.05, 0.1) is 6.54 Å². The number of carbonyl (C=O) groups excluding carboxylic acids is 3. The highest BCUT2D eigenvalue weighted by Crippen LogP contribution is 2.33. The standard InChI is InChI=1S/C24H25N3O4S/c1-15-9-10-17(13-18(15)27-11-5-8-21(27)28)26-23(30)22(29)25-14-24(2,31)20-12-16-6-3-4-7-19(16)32-20/h3-4,6-7,9-10,12-13,31H,5,8,11,14H2,1-2H3,(H,25,29)(H,26,30). The van der Waals surface area contributed by atoms with Crippen molar-refractivity contribution < 1.29 is 19.5 Å². The quantitative estimate of drug-likeness (QED) is 0.519. The summed E-state index contributed by atoms with van der Waals surface area (Å²) in [5.41, 5.74) is 0.773. The molecule has 0 radical (unpaired) electrons. The van der Waals surface area contributed by atoms with E-state index in [0.717, 1.165) is 27.8 Å². The molecule has 0 saturated carbocycles. The van der Waals surface area contributed by atoms with Crippen molar-refractivity contribution in [2.45, 2.75) is 32.3 Å². The van der Waals surface area contributed by atoms with Crippen LogP contribution in [0.5, 0.6) is 0 Å². The van der Waals surface area contributed by atoms with Gasteiger partial charge in [-0.2, -0.15) is 0 Å². The molecule has 8 heteroatoms. The predicted octanol–water partition coefficient (Wildman–Crippen LogP) is 3.30. The Kier molecular flexibility index (Phi) is 5.99. The highest BCUT2D eigenvalue weighted by molar-refractivity contribution is 7.19. The molecule has 1 aromatic heterocycles. The summed E-state index contributed by atoms with van der Waals surface area (Å²) < 4.78 is 1.04. The van der Waals surface area contributed by atoms with E-state index in [1.54, 1.807) is 30.0 Å². The molecule has 166 valence electrons. The number of nitrogens with one attached hydrogen (secondary N) is 2. The van der Waals surface area contributed by atoms with Crippen molar-refractivity contribution in [1.82, 2.24) is 5.32 Å². The molecule has 3 N–H and O–H groups in total. The third-order valence-electron chi connectivity index (χ3n) is 5.59. The molecule has 32 heavy (non-hydrogen) atoms. The molecule has 0 aliphatic carbocycles. The molecule has 3 amide bonds. The molecule has 3 aromatic rings. The van der Waals surface area contributed by atoms with Crippen molar-refractivity contribution in [3.63, 3.8) is 0 Å². The lowest BCUT2D eigenvalue weighted by Crippen LogP contribution is -2.43.